The van der Waals surface area contributed by atoms with E-state index in [1.54, 1.807) is 4.90 Å². The van der Waals surface area contributed by atoms with E-state index in [1.165, 1.54) is 0 Å². The first kappa shape index (κ1) is 11.4. The van der Waals surface area contributed by atoms with Gasteiger partial charge in [-0.05, 0) is 20.8 Å². The summed E-state index contributed by atoms with van der Waals surface area (Å²) >= 11 is 0. The third kappa shape index (κ3) is 2.19. The molecule has 0 saturated carbocycles. The highest BCUT2D eigenvalue weighted by atomic mass is 16.6. The fourth-order valence-electron chi connectivity index (χ4n) is 1.96. The number of hydrogen-bond acceptors (Lipinski definition) is 4. The van der Waals surface area contributed by atoms with E-state index in [0.29, 0.717) is 19.7 Å². The highest BCUT2D eigenvalue weighted by Crippen LogP contribution is 2.24. The van der Waals surface area contributed by atoms with Crippen LogP contribution < -0.4 is 0 Å². The van der Waals surface area contributed by atoms with E-state index in [1.807, 2.05) is 20.8 Å². The quantitative estimate of drug-likeness (QED) is 0.615. The van der Waals surface area contributed by atoms with Crippen LogP contribution in [0.3, 0.4) is 0 Å². The van der Waals surface area contributed by atoms with Crippen molar-refractivity contribution in [2.75, 3.05) is 19.7 Å². The number of rotatable bonds is 0. The van der Waals surface area contributed by atoms with Gasteiger partial charge in [-0.3, -0.25) is 4.79 Å². The van der Waals surface area contributed by atoms with Crippen LogP contribution in [-0.4, -0.2) is 48.2 Å². The van der Waals surface area contributed by atoms with Crippen LogP contribution in [-0.2, 0) is 14.3 Å². The first-order valence-electron chi connectivity index (χ1n) is 5.50. The number of hydrogen-bond donors (Lipinski definition) is 0. The second-order valence-corrected chi connectivity index (χ2v) is 5.31. The molecule has 0 N–H and O–H groups in total. The lowest BCUT2D eigenvalue weighted by Crippen LogP contribution is -2.49. The average Bonchev–Trinajstić information content (AvgIpc) is 2.38. The monoisotopic (exact) mass is 227 g/mol. The number of fused-ring (bicyclic) bond motifs is 2. The highest BCUT2D eigenvalue weighted by molar-refractivity contribution is 5.89. The minimum absolute atomic E-state index is 0.125. The number of likely N-dealkylation sites (tertiary alicyclic amines) is 1. The first-order valence-corrected chi connectivity index (χ1v) is 5.50. The Morgan fingerprint density at radius 3 is 2.69 bits per heavy atom. The van der Waals surface area contributed by atoms with Crippen LogP contribution in [0.15, 0.2) is 0 Å². The van der Waals surface area contributed by atoms with E-state index in [0.717, 1.165) is 0 Å². The largest absolute Gasteiger partial charge is 0.444 e. The summed E-state index contributed by atoms with van der Waals surface area (Å²) in [4.78, 5) is 24.9. The zero-order valence-corrected chi connectivity index (χ0v) is 9.86. The first-order chi connectivity index (χ1) is 7.37. The Hall–Kier alpha value is -1.10. The molecular weight excluding hydrogens is 210 g/mol. The summed E-state index contributed by atoms with van der Waals surface area (Å²) in [5, 5.41) is 0. The third-order valence-corrected chi connectivity index (χ3v) is 2.70. The summed E-state index contributed by atoms with van der Waals surface area (Å²) < 4.78 is 10.6. The summed E-state index contributed by atoms with van der Waals surface area (Å²) in [7, 11) is 0. The molecular formula is C11H17NO4. The van der Waals surface area contributed by atoms with Gasteiger partial charge in [0.25, 0.3) is 0 Å². The van der Waals surface area contributed by atoms with Crippen molar-refractivity contribution in [2.45, 2.75) is 32.5 Å². The molecule has 0 spiro atoms. The van der Waals surface area contributed by atoms with Crippen molar-refractivity contribution in [3.63, 3.8) is 0 Å². The van der Waals surface area contributed by atoms with Crippen LogP contribution in [0.25, 0.3) is 0 Å². The predicted octanol–water partition coefficient (Wildman–Crippen LogP) is 0.821. The number of amides is 1. The normalized spacial score (nSPS) is 29.4. The summed E-state index contributed by atoms with van der Waals surface area (Å²) in [5.41, 5.74) is -0.502. The zero-order valence-electron chi connectivity index (χ0n) is 9.86. The molecule has 0 unspecified atom stereocenters. The lowest BCUT2D eigenvalue weighted by Gasteiger charge is -2.31. The lowest BCUT2D eigenvalue weighted by molar-refractivity contribution is -0.127. The van der Waals surface area contributed by atoms with Gasteiger partial charge in [0.1, 0.15) is 11.7 Å². The molecule has 2 fully saturated rings. The number of piperidine rings is 1. The number of ether oxygens (including phenoxy) is 2. The van der Waals surface area contributed by atoms with E-state index in [9.17, 15) is 9.59 Å². The van der Waals surface area contributed by atoms with Crippen LogP contribution in [0, 0.1) is 5.92 Å². The average molecular weight is 227 g/mol. The van der Waals surface area contributed by atoms with Crippen molar-refractivity contribution in [3.05, 3.63) is 0 Å². The molecule has 2 rings (SSSR count). The van der Waals surface area contributed by atoms with Gasteiger partial charge in [0.2, 0.25) is 0 Å². The van der Waals surface area contributed by atoms with Gasteiger partial charge in [0, 0.05) is 6.54 Å². The molecule has 0 aliphatic carbocycles. The van der Waals surface area contributed by atoms with Gasteiger partial charge in [-0.15, -0.1) is 0 Å². The van der Waals surface area contributed by atoms with E-state index < -0.39 is 11.7 Å². The van der Waals surface area contributed by atoms with Crippen molar-refractivity contribution in [2.24, 2.45) is 5.92 Å². The summed E-state index contributed by atoms with van der Waals surface area (Å²) in [6, 6.07) is 0. The van der Waals surface area contributed by atoms with Crippen LogP contribution >= 0.6 is 0 Å². The van der Waals surface area contributed by atoms with E-state index in [4.69, 9.17) is 9.47 Å². The maximum Gasteiger partial charge on any atom is 0.410 e. The Morgan fingerprint density at radius 1 is 1.44 bits per heavy atom. The Balaban J connectivity index is 1.98. The van der Waals surface area contributed by atoms with Crippen LogP contribution in [0.5, 0.6) is 0 Å². The maximum atomic E-state index is 11.8. The number of nitrogens with zero attached hydrogens (tertiary/aromatic N) is 1. The number of carbonyl (C=O) groups is 2. The molecule has 5 heteroatoms. The smallest absolute Gasteiger partial charge is 0.410 e. The van der Waals surface area contributed by atoms with Gasteiger partial charge in [-0.25, -0.2) is 4.79 Å². The van der Waals surface area contributed by atoms with E-state index in [-0.39, 0.29) is 17.8 Å². The molecule has 0 aromatic carbocycles. The van der Waals surface area contributed by atoms with E-state index in [2.05, 4.69) is 0 Å². The molecule has 1 amide bonds. The predicted molar refractivity (Wildman–Crippen MR) is 56.0 cm³/mol. The second-order valence-electron chi connectivity index (χ2n) is 5.31. The molecule has 2 heterocycles. The number of carbonyl (C=O) groups excluding carboxylic acids is 2. The minimum atomic E-state index is -0.502. The maximum absolute atomic E-state index is 11.8. The summed E-state index contributed by atoms with van der Waals surface area (Å²) in [5.74, 6) is -0.0360. The minimum Gasteiger partial charge on any atom is -0.444 e. The topological polar surface area (TPSA) is 55.8 Å². The van der Waals surface area contributed by atoms with Gasteiger partial charge < -0.3 is 14.4 Å². The van der Waals surface area contributed by atoms with Gasteiger partial charge in [0.05, 0.1) is 19.1 Å². The highest BCUT2D eigenvalue weighted by Gasteiger charge is 2.44. The lowest BCUT2D eigenvalue weighted by atomic mass is 9.99. The van der Waals surface area contributed by atoms with Crippen LogP contribution in [0.4, 0.5) is 4.79 Å². The molecule has 2 aliphatic heterocycles. The molecule has 2 aliphatic rings. The number of ketones is 1. The molecule has 0 aromatic rings. The van der Waals surface area contributed by atoms with Gasteiger partial charge in [-0.2, -0.15) is 0 Å². The standard InChI is InChI=1S/C11H17NO4/c1-11(2,3)16-10(14)12-4-7-6-15-8(5-12)9(7)13/h7-8H,4-6H2,1-3H3/t7-,8-/m0/s1. The fourth-order valence-corrected chi connectivity index (χ4v) is 1.96. The molecule has 90 valence electrons. The molecule has 5 nitrogen and oxygen atoms in total. The number of Topliss-reactive ketones (excluding diaryl/α,β-unsaturated/α-hetero) is 1. The molecule has 2 atom stereocenters. The van der Waals surface area contributed by atoms with Crippen molar-refractivity contribution >= 4 is 11.9 Å². The summed E-state index contributed by atoms with van der Waals surface area (Å²) in [6.45, 7) is 6.65. The Kier molecular flexibility index (Phi) is 2.66. The Labute approximate surface area is 94.7 Å². The fraction of sp³-hybridized carbons (Fsp3) is 0.818. The van der Waals surface area contributed by atoms with E-state index >= 15 is 0 Å². The molecule has 0 aromatic heterocycles. The molecule has 0 radical (unpaired) electrons. The molecule has 2 saturated heterocycles. The van der Waals surface area contributed by atoms with Crippen molar-refractivity contribution in [3.8, 4) is 0 Å². The Morgan fingerprint density at radius 2 is 2.12 bits per heavy atom. The van der Waals surface area contributed by atoms with Gasteiger partial charge >= 0.3 is 6.09 Å². The molecule has 16 heavy (non-hydrogen) atoms. The van der Waals surface area contributed by atoms with Crippen molar-refractivity contribution in [1.82, 2.24) is 4.90 Å². The van der Waals surface area contributed by atoms with Crippen LogP contribution in [0.2, 0.25) is 0 Å². The van der Waals surface area contributed by atoms with Crippen molar-refractivity contribution in [1.29, 1.82) is 0 Å². The second kappa shape index (κ2) is 3.73. The van der Waals surface area contributed by atoms with Crippen molar-refractivity contribution < 1.29 is 19.1 Å². The van der Waals surface area contributed by atoms with Gasteiger partial charge in [-0.1, -0.05) is 0 Å². The molecule has 2 bridgehead atoms. The Bertz CT molecular complexity index is 304. The van der Waals surface area contributed by atoms with Crippen LogP contribution in [0.1, 0.15) is 20.8 Å². The SMILES string of the molecule is CC(C)(C)OC(=O)N1C[C@H]2CO[C@@H](C1)C2=O. The van der Waals surface area contributed by atoms with Gasteiger partial charge in [0.15, 0.2) is 5.78 Å². The summed E-state index contributed by atoms with van der Waals surface area (Å²) in [6.07, 6.45) is -0.799. The third-order valence-electron chi connectivity index (χ3n) is 2.70. The zero-order chi connectivity index (χ0) is 11.9.